The number of halogens is 2. The number of likely N-dealkylation sites (tertiary alicyclic amines) is 2. The van der Waals surface area contributed by atoms with Crippen molar-refractivity contribution in [3.8, 4) is 51.7 Å². The Morgan fingerprint density at radius 1 is 0.952 bits per heavy atom. The molecule has 2 N–H and O–H groups in total. The zero-order chi connectivity index (χ0) is 59.4. The predicted octanol–water partition coefficient (Wildman–Crippen LogP) is 10.8. The van der Waals surface area contributed by atoms with Gasteiger partial charge in [-0.3, -0.25) is 24.4 Å². The average Bonchev–Trinajstić information content (AvgIpc) is 2.86. The summed E-state index contributed by atoms with van der Waals surface area (Å²) in [5.41, 5.74) is 3.92. The molecule has 84 heavy (non-hydrogen) atoms. The molecule has 4 fully saturated rings. The van der Waals surface area contributed by atoms with Crippen LogP contribution in [-0.4, -0.2) is 139 Å². The molecule has 0 radical (unpaired) electrons. The van der Waals surface area contributed by atoms with Crippen LogP contribution in [0.1, 0.15) is 115 Å². The van der Waals surface area contributed by atoms with Gasteiger partial charge in [0.2, 0.25) is 11.8 Å². The molecule has 442 valence electrons. The number of hydrogen-bond acceptors (Lipinski definition) is 16. The zero-order valence-electron chi connectivity index (χ0n) is 48.6. The van der Waals surface area contributed by atoms with E-state index in [1.54, 1.807) is 22.3 Å². The Bertz CT molecular complexity index is 3560. The second-order valence-corrected chi connectivity index (χ2v) is 24.0. The number of piperazine rings is 1. The van der Waals surface area contributed by atoms with E-state index in [1.165, 1.54) is 36.9 Å². The van der Waals surface area contributed by atoms with E-state index in [0.29, 0.717) is 67.4 Å². The fraction of sp³-hybridized carbons (Fsp3) is 0.460. The van der Waals surface area contributed by atoms with Crippen LogP contribution in [-0.2, 0) is 20.7 Å². The van der Waals surface area contributed by atoms with E-state index in [2.05, 4.69) is 50.1 Å². The number of aryl methyl sites for hydroxylation is 1. The molecular formula is C63H72F2N10O8S. The number of nitrogens with one attached hydrogen (secondary N) is 1. The van der Waals surface area contributed by atoms with Crippen LogP contribution in [0.2, 0.25) is 0 Å². The van der Waals surface area contributed by atoms with Gasteiger partial charge < -0.3 is 39.0 Å². The van der Waals surface area contributed by atoms with Gasteiger partial charge in [-0.15, -0.1) is 17.8 Å². The van der Waals surface area contributed by atoms with Gasteiger partial charge in [0, 0.05) is 49.4 Å². The number of pyridine rings is 1. The number of aromatic hydroxyl groups is 1. The number of fused-ring (bicyclic) bond motifs is 4. The summed E-state index contributed by atoms with van der Waals surface area (Å²) in [5.74, 6) is 1.56. The van der Waals surface area contributed by atoms with Gasteiger partial charge in [-0.25, -0.2) is 18.6 Å². The number of thiazole rings is 1. The van der Waals surface area contributed by atoms with Gasteiger partial charge in [0.15, 0.2) is 5.82 Å². The van der Waals surface area contributed by atoms with Gasteiger partial charge in [0.05, 0.1) is 58.2 Å². The number of terminal acetylenes is 1. The molecule has 2 bridgehead atoms. The number of anilines is 1. The van der Waals surface area contributed by atoms with Crippen LogP contribution in [0.25, 0.3) is 43.4 Å². The SMILES string of the molecule is C#Cc1c(F)ccc2cc(O)cc(-c3ncc4c(N5CC6CCC(C5)N6C(=O)OC(C)(C)C)nc(OCCN5CCC(COc6cc(CC(=O)N7CCCC7C(=O)NC(C)c7ccc(-c8scnc8C)cc7)on6)CC5)nc4c3F)c12.CCC. The van der Waals surface area contributed by atoms with Crippen LogP contribution in [0.5, 0.6) is 17.6 Å². The summed E-state index contributed by atoms with van der Waals surface area (Å²) < 4.78 is 56.0. The fourth-order valence-electron chi connectivity index (χ4n) is 11.7. The molecule has 4 atom stereocenters. The Balaban J connectivity index is 0.00000257. The Kier molecular flexibility index (Phi) is 18.0. The minimum Gasteiger partial charge on any atom is -0.508 e. The van der Waals surface area contributed by atoms with E-state index in [-0.39, 0.29) is 94.5 Å². The Morgan fingerprint density at radius 2 is 1.69 bits per heavy atom. The van der Waals surface area contributed by atoms with Crippen LogP contribution < -0.4 is 19.7 Å². The molecule has 4 unspecified atom stereocenters. The van der Waals surface area contributed by atoms with Gasteiger partial charge in [0.1, 0.15) is 52.6 Å². The summed E-state index contributed by atoms with van der Waals surface area (Å²) in [7, 11) is 0. The lowest BCUT2D eigenvalue weighted by molar-refractivity contribution is -0.138. The van der Waals surface area contributed by atoms with Gasteiger partial charge >= 0.3 is 12.1 Å². The monoisotopic (exact) mass is 1170 g/mol. The predicted molar refractivity (Wildman–Crippen MR) is 317 cm³/mol. The Hall–Kier alpha value is -7.96. The van der Waals surface area contributed by atoms with Crippen molar-refractivity contribution in [2.24, 2.45) is 5.92 Å². The number of benzene rings is 3. The Morgan fingerprint density at radius 3 is 2.38 bits per heavy atom. The maximum Gasteiger partial charge on any atom is 0.410 e. The lowest BCUT2D eigenvalue weighted by Gasteiger charge is -2.42. The smallest absolute Gasteiger partial charge is 0.410 e. The van der Waals surface area contributed by atoms with Crippen molar-refractivity contribution in [3.63, 3.8) is 0 Å². The lowest BCUT2D eigenvalue weighted by atomic mass is 9.96. The first kappa shape index (κ1) is 59.2. The largest absolute Gasteiger partial charge is 0.508 e. The molecule has 7 aromatic rings. The van der Waals surface area contributed by atoms with E-state index < -0.39 is 23.3 Å². The molecule has 0 spiro atoms. The summed E-state index contributed by atoms with van der Waals surface area (Å²) in [6.07, 6.45) is 12.5. The highest BCUT2D eigenvalue weighted by molar-refractivity contribution is 7.13. The van der Waals surface area contributed by atoms with Crippen molar-refractivity contribution in [2.45, 2.75) is 130 Å². The summed E-state index contributed by atoms with van der Waals surface area (Å²) in [6, 6.07) is 13.9. The van der Waals surface area contributed by atoms with Crippen LogP contribution in [0, 0.1) is 36.8 Å². The Labute approximate surface area is 491 Å². The number of piperidine rings is 1. The number of ether oxygens (including phenoxy) is 3. The standard InChI is InChI=1S/C60H64F2N10O8S.C3H8/c1-7-44-47(61)17-14-39-25-42(73)26-45(51(39)44)53-52(62)54-46(29-63-53)56(70-30-40-15-16-41(31-70)72(40)59(76)79-60(4,5)6)67-58(66-54)77-24-23-69-21-18-36(19-22-69)32-78-49-27-43(80-68-49)28-50(74)71-20-8-9-48(71)57(75)65-34(2)37-10-12-38(13-11-37)55-35(3)64-33-81-55;1-3-2/h1,10-14,17,25-27,29,33-34,36,40-41,48,73H,8-9,15-16,18-24,28,30-32H2,2-6H3,(H,65,75);3H2,1-2H3. The quantitative estimate of drug-likeness (QED) is 0.0918. The van der Waals surface area contributed by atoms with E-state index in [4.69, 9.17) is 30.1 Å². The second kappa shape index (κ2) is 25.5. The molecule has 3 aromatic carbocycles. The van der Waals surface area contributed by atoms with E-state index >= 15 is 8.78 Å². The summed E-state index contributed by atoms with van der Waals surface area (Å²) >= 11 is 1.59. The lowest BCUT2D eigenvalue weighted by Crippen LogP contribution is -2.57. The van der Waals surface area contributed by atoms with Crippen molar-refractivity contribution >= 4 is 56.7 Å². The van der Waals surface area contributed by atoms with Crippen LogP contribution in [0.3, 0.4) is 0 Å². The van der Waals surface area contributed by atoms with E-state index in [1.807, 2.05) is 74.2 Å². The number of amides is 3. The third-order valence-electron chi connectivity index (χ3n) is 15.8. The van der Waals surface area contributed by atoms with Gasteiger partial charge in [-0.2, -0.15) is 9.97 Å². The highest BCUT2D eigenvalue weighted by atomic mass is 32.1. The molecular weight excluding hydrogens is 1090 g/mol. The van der Waals surface area contributed by atoms with E-state index in [0.717, 1.165) is 66.9 Å². The number of nitrogens with zero attached hydrogens (tertiary/aromatic N) is 9. The number of rotatable bonds is 15. The number of hydrogen-bond donors (Lipinski definition) is 2. The van der Waals surface area contributed by atoms with Gasteiger partial charge in [-0.05, 0) is 132 Å². The maximum absolute atomic E-state index is 17.3. The molecule has 18 nitrogen and oxygen atoms in total. The summed E-state index contributed by atoms with van der Waals surface area (Å²) in [4.78, 5) is 67.7. The molecule has 4 aromatic heterocycles. The van der Waals surface area contributed by atoms with E-state index in [9.17, 15) is 19.5 Å². The molecule has 4 aliphatic rings. The topological polar surface area (TPSA) is 202 Å². The normalized spacial score (nSPS) is 18.6. The molecule has 0 aliphatic carbocycles. The van der Waals surface area contributed by atoms with Crippen molar-refractivity contribution < 1.29 is 47.0 Å². The molecule has 21 heteroatoms. The number of aromatic nitrogens is 5. The maximum atomic E-state index is 17.3. The summed E-state index contributed by atoms with van der Waals surface area (Å²) in [5, 5.41) is 18.9. The van der Waals surface area contributed by atoms with Crippen molar-refractivity contribution in [1.29, 1.82) is 0 Å². The molecule has 4 aliphatic heterocycles. The minimum atomic E-state index is -0.834. The first-order chi connectivity index (χ1) is 40.4. The highest BCUT2D eigenvalue weighted by Crippen LogP contribution is 2.41. The fourth-order valence-corrected chi connectivity index (χ4v) is 12.5. The van der Waals surface area contributed by atoms with Crippen molar-refractivity contribution in [2.75, 3.05) is 57.4 Å². The number of phenolic OH excluding ortho intramolecular Hbond substituents is 1. The first-order valence-corrected chi connectivity index (χ1v) is 29.9. The molecule has 0 saturated carbocycles. The highest BCUT2D eigenvalue weighted by Gasteiger charge is 2.45. The first-order valence-electron chi connectivity index (χ1n) is 29.0. The molecule has 8 heterocycles. The van der Waals surface area contributed by atoms with Gasteiger partial charge in [0.25, 0.3) is 5.88 Å². The minimum absolute atomic E-state index is 0.0478. The zero-order valence-corrected chi connectivity index (χ0v) is 49.4. The number of carbonyl (C=O) groups excluding carboxylic acids is 3. The second-order valence-electron chi connectivity index (χ2n) is 23.2. The van der Waals surface area contributed by atoms with Crippen molar-refractivity contribution in [1.82, 2.24) is 45.1 Å². The number of phenols is 1. The third-order valence-corrected chi connectivity index (χ3v) is 16.8. The molecule has 11 rings (SSSR count). The van der Waals surface area contributed by atoms with Crippen molar-refractivity contribution in [3.05, 3.63) is 101 Å². The number of carbonyl (C=O) groups is 3. The van der Waals surface area contributed by atoms with Gasteiger partial charge in [-0.1, -0.05) is 56.5 Å². The van der Waals surface area contributed by atoms with Crippen LogP contribution in [0.4, 0.5) is 19.4 Å². The average molecular weight is 1170 g/mol. The molecule has 4 saturated heterocycles. The van der Waals surface area contributed by atoms with Crippen LogP contribution in [0.15, 0.2) is 70.8 Å². The van der Waals surface area contributed by atoms with Crippen LogP contribution >= 0.6 is 11.3 Å². The third kappa shape index (κ3) is 13.0. The molecule has 3 amide bonds. The summed E-state index contributed by atoms with van der Waals surface area (Å²) in [6.45, 7) is 17.6.